The number of hydrogen-bond acceptors (Lipinski definition) is 2. The molecule has 2 aliphatic rings. The van der Waals surface area contributed by atoms with Gasteiger partial charge in [-0.05, 0) is 127 Å². The van der Waals surface area contributed by atoms with Crippen LogP contribution in [-0.4, -0.2) is 6.71 Å². The summed E-state index contributed by atoms with van der Waals surface area (Å²) in [6.45, 7) is 26.8. The van der Waals surface area contributed by atoms with Crippen molar-refractivity contribution in [2.24, 2.45) is 0 Å². The van der Waals surface area contributed by atoms with Crippen LogP contribution in [0.4, 0.5) is 34.1 Å². The van der Waals surface area contributed by atoms with Crippen LogP contribution in [0.15, 0.2) is 152 Å². The van der Waals surface area contributed by atoms with E-state index in [1.165, 1.54) is 27.6 Å². The SMILES string of the molecule is [2H]c1c([2H])c([2H])c(-c2cc(C(C)(C)c3ccccc3)ccc2N2c3ccc(C(C)(C)C)cc3B3c4cc(C(C)(C)C)ccc4N(c4ccc(C(C)(C)C)cc4)c4cc(C)cc2c43)c([2H])c1[2H]. The zero-order valence-corrected chi connectivity index (χ0v) is 38.0. The highest BCUT2D eigenvalue weighted by Gasteiger charge is 2.45. The number of anilines is 6. The third-order valence-corrected chi connectivity index (χ3v) is 13.2. The molecule has 0 aromatic heterocycles. The molecular weight excluding hydrogens is 735 g/mol. The first-order chi connectivity index (χ1) is 30.9. The van der Waals surface area contributed by atoms with E-state index in [0.717, 1.165) is 56.3 Å². The van der Waals surface area contributed by atoms with Gasteiger partial charge in [0.1, 0.15) is 0 Å². The molecule has 0 amide bonds. The second kappa shape index (κ2) is 14.4. The van der Waals surface area contributed by atoms with Crippen molar-refractivity contribution >= 4 is 57.2 Å². The van der Waals surface area contributed by atoms with Crippen LogP contribution in [0.3, 0.4) is 0 Å². The van der Waals surface area contributed by atoms with Gasteiger partial charge in [0, 0.05) is 39.4 Å². The summed E-state index contributed by atoms with van der Waals surface area (Å²) in [5.41, 5.74) is 16.6. The normalized spacial score (nSPS) is 15.0. The monoisotopic (exact) mass is 802 g/mol. The van der Waals surface area contributed by atoms with Gasteiger partial charge in [0.2, 0.25) is 0 Å². The van der Waals surface area contributed by atoms with Crippen molar-refractivity contribution in [2.45, 2.75) is 105 Å². The van der Waals surface area contributed by atoms with Gasteiger partial charge in [0.15, 0.2) is 0 Å². The van der Waals surface area contributed by atoms with E-state index in [1.54, 1.807) is 0 Å². The van der Waals surface area contributed by atoms with Gasteiger partial charge in [-0.3, -0.25) is 0 Å². The van der Waals surface area contributed by atoms with Gasteiger partial charge in [0.05, 0.1) is 12.5 Å². The second-order valence-electron chi connectivity index (χ2n) is 20.9. The smallest absolute Gasteiger partial charge is 0.252 e. The quantitative estimate of drug-likeness (QED) is 0.160. The van der Waals surface area contributed by atoms with Crippen LogP contribution in [0.1, 0.15) is 116 Å². The molecule has 7 aromatic carbocycles. The summed E-state index contributed by atoms with van der Waals surface area (Å²) in [5, 5.41) is 0. The highest BCUT2D eigenvalue weighted by atomic mass is 15.2. The fourth-order valence-corrected chi connectivity index (χ4v) is 9.45. The first-order valence-electron chi connectivity index (χ1n) is 24.3. The molecule has 0 bridgehead atoms. The number of fused-ring (bicyclic) bond motifs is 4. The molecule has 3 heteroatoms. The van der Waals surface area contributed by atoms with Gasteiger partial charge >= 0.3 is 0 Å². The van der Waals surface area contributed by atoms with Crippen LogP contribution in [0.25, 0.3) is 11.1 Å². The topological polar surface area (TPSA) is 6.48 Å². The molecule has 2 heterocycles. The third kappa shape index (κ3) is 7.01. The molecule has 0 spiro atoms. The molecule has 9 rings (SSSR count). The van der Waals surface area contributed by atoms with Crippen molar-refractivity contribution in [1.82, 2.24) is 0 Å². The first-order valence-corrected chi connectivity index (χ1v) is 21.8. The van der Waals surface area contributed by atoms with Gasteiger partial charge in [-0.15, -0.1) is 0 Å². The molecule has 2 aliphatic heterocycles. The maximum absolute atomic E-state index is 9.43. The molecule has 0 fully saturated rings. The van der Waals surface area contributed by atoms with E-state index in [4.69, 9.17) is 4.11 Å². The van der Waals surface area contributed by atoms with E-state index in [-0.39, 0.29) is 52.7 Å². The molecule has 2 nitrogen and oxygen atoms in total. The van der Waals surface area contributed by atoms with Crippen LogP contribution in [-0.2, 0) is 21.7 Å². The van der Waals surface area contributed by atoms with Crippen LogP contribution in [0.2, 0.25) is 0 Å². The Balaban J connectivity index is 1.41. The minimum absolute atomic E-state index is 0.00759. The van der Waals surface area contributed by atoms with E-state index >= 15 is 0 Å². The van der Waals surface area contributed by atoms with Gasteiger partial charge in [-0.25, -0.2) is 0 Å². The molecule has 61 heavy (non-hydrogen) atoms. The van der Waals surface area contributed by atoms with Gasteiger partial charge in [-0.1, -0.05) is 179 Å². The molecule has 0 N–H and O–H groups in total. The van der Waals surface area contributed by atoms with E-state index < -0.39 is 11.5 Å². The van der Waals surface area contributed by atoms with Crippen LogP contribution in [0.5, 0.6) is 0 Å². The molecule has 0 aliphatic carbocycles. The molecule has 0 saturated heterocycles. The summed E-state index contributed by atoms with van der Waals surface area (Å²) in [5.74, 6) is 0. The Morgan fingerprint density at radius 2 is 0.934 bits per heavy atom. The molecular formula is C58H61BN2. The lowest BCUT2D eigenvalue weighted by Gasteiger charge is -2.45. The standard InChI is InChI=1S/C58H61BN2/c1-38-33-52-54-53(34-38)61(49-30-27-44(35-46(49)39-19-15-13-16-20-39)58(11,12)41-21-17-14-18-22-41)51-32-26-43(57(8,9)10)37-48(51)59(54)47-36-42(56(5,6)7)25-31-50(47)60(52)45-28-23-40(24-29-45)55(2,3)4/h13-37H,1-12H3/i13D,15D,16D,19D,20D. The number of nitrogens with zero attached hydrogens (tertiary/aromatic N) is 2. The highest BCUT2D eigenvalue weighted by Crippen LogP contribution is 2.49. The minimum atomic E-state index is -0.478. The van der Waals surface area contributed by atoms with E-state index in [1.807, 2.05) is 18.2 Å². The van der Waals surface area contributed by atoms with Crippen molar-refractivity contribution in [3.63, 3.8) is 0 Å². The maximum atomic E-state index is 9.43. The van der Waals surface area contributed by atoms with Crippen molar-refractivity contribution in [2.75, 3.05) is 9.80 Å². The Morgan fingerprint density at radius 3 is 1.49 bits per heavy atom. The number of hydrogen-bond donors (Lipinski definition) is 0. The van der Waals surface area contributed by atoms with Crippen molar-refractivity contribution < 1.29 is 6.85 Å². The average Bonchev–Trinajstić information content (AvgIpc) is 3.26. The predicted octanol–water partition coefficient (Wildman–Crippen LogP) is 14.0. The lowest BCUT2D eigenvalue weighted by Crippen LogP contribution is -2.61. The van der Waals surface area contributed by atoms with Gasteiger partial charge in [-0.2, -0.15) is 0 Å². The molecule has 0 atom stereocenters. The van der Waals surface area contributed by atoms with Crippen LogP contribution < -0.4 is 26.2 Å². The number of benzene rings is 7. The highest BCUT2D eigenvalue weighted by molar-refractivity contribution is 7.00. The lowest BCUT2D eigenvalue weighted by atomic mass is 9.33. The summed E-state index contributed by atoms with van der Waals surface area (Å²) < 4.78 is 45.2. The molecule has 0 radical (unpaired) electrons. The van der Waals surface area contributed by atoms with Gasteiger partial charge < -0.3 is 9.80 Å². The fourth-order valence-electron chi connectivity index (χ4n) is 9.45. The summed E-state index contributed by atoms with van der Waals surface area (Å²) in [4.78, 5) is 4.76. The summed E-state index contributed by atoms with van der Waals surface area (Å²) >= 11 is 0. The average molecular weight is 802 g/mol. The van der Waals surface area contributed by atoms with Crippen molar-refractivity contribution in [3.8, 4) is 11.1 Å². The Morgan fingerprint density at radius 1 is 0.443 bits per heavy atom. The fraction of sp³-hybridized carbons (Fsp3) is 0.276. The molecule has 0 saturated carbocycles. The molecule has 306 valence electrons. The van der Waals surface area contributed by atoms with Crippen molar-refractivity contribution in [1.29, 1.82) is 0 Å². The minimum Gasteiger partial charge on any atom is -0.311 e. The third-order valence-electron chi connectivity index (χ3n) is 13.2. The molecule has 7 aromatic rings. The Bertz CT molecular complexity index is 3050. The Labute approximate surface area is 373 Å². The zero-order valence-electron chi connectivity index (χ0n) is 43.0. The number of aryl methyl sites for hydroxylation is 1. The first kappa shape index (κ1) is 34.9. The zero-order chi connectivity index (χ0) is 47.6. The Kier molecular flexibility index (Phi) is 8.23. The summed E-state index contributed by atoms with van der Waals surface area (Å²) in [6.07, 6.45) is 0. The van der Waals surface area contributed by atoms with Gasteiger partial charge in [0.25, 0.3) is 6.71 Å². The Hall–Kier alpha value is -5.80. The van der Waals surface area contributed by atoms with E-state index in [2.05, 4.69) is 196 Å². The second-order valence-corrected chi connectivity index (χ2v) is 20.9. The van der Waals surface area contributed by atoms with Crippen LogP contribution >= 0.6 is 0 Å². The van der Waals surface area contributed by atoms with E-state index in [9.17, 15) is 2.74 Å². The summed E-state index contributed by atoms with van der Waals surface area (Å²) in [7, 11) is 0. The number of rotatable bonds is 5. The summed E-state index contributed by atoms with van der Waals surface area (Å²) in [6, 6.07) is 42.7. The van der Waals surface area contributed by atoms with Crippen LogP contribution in [0, 0.1) is 6.92 Å². The lowest BCUT2D eigenvalue weighted by molar-refractivity contribution is 0.590. The molecule has 0 unspecified atom stereocenters. The predicted molar refractivity (Wildman–Crippen MR) is 265 cm³/mol. The maximum Gasteiger partial charge on any atom is 0.252 e. The largest absolute Gasteiger partial charge is 0.311 e. The van der Waals surface area contributed by atoms with E-state index in [0.29, 0.717) is 5.56 Å². The van der Waals surface area contributed by atoms with Crippen molar-refractivity contribution in [3.05, 3.63) is 185 Å².